The van der Waals surface area contributed by atoms with Crippen molar-refractivity contribution in [2.75, 3.05) is 57.5 Å². The standard InChI is InChI=1S/C17H27N3O5S/c1-19(2)10-8-18-17(21)5-4-9-20(26(3,22)23)14-6-7-15-16(13-14)25-12-11-24-15/h6-7,13H,4-5,8-12H2,1-3H3,(H,18,21). The number of fused-ring (bicyclic) bond motifs is 1. The molecule has 0 aliphatic carbocycles. The van der Waals surface area contributed by atoms with Crippen molar-refractivity contribution in [2.45, 2.75) is 12.8 Å². The third-order valence-electron chi connectivity index (χ3n) is 3.86. The van der Waals surface area contributed by atoms with Crippen molar-refractivity contribution < 1.29 is 22.7 Å². The minimum absolute atomic E-state index is 0.0810. The quantitative estimate of drug-likeness (QED) is 0.673. The second-order valence-corrected chi connectivity index (χ2v) is 8.33. The van der Waals surface area contributed by atoms with Gasteiger partial charge in [-0.15, -0.1) is 0 Å². The number of likely N-dealkylation sites (N-methyl/N-ethyl adjacent to an activating group) is 1. The summed E-state index contributed by atoms with van der Waals surface area (Å²) >= 11 is 0. The van der Waals surface area contributed by atoms with E-state index >= 15 is 0 Å². The average molecular weight is 385 g/mol. The number of hydrogen-bond donors (Lipinski definition) is 1. The highest BCUT2D eigenvalue weighted by Gasteiger charge is 2.20. The van der Waals surface area contributed by atoms with Crippen LogP contribution in [0, 0.1) is 0 Å². The van der Waals surface area contributed by atoms with Crippen LogP contribution in [0.1, 0.15) is 12.8 Å². The van der Waals surface area contributed by atoms with Crippen LogP contribution in [0.4, 0.5) is 5.69 Å². The topological polar surface area (TPSA) is 88.2 Å². The molecule has 1 heterocycles. The van der Waals surface area contributed by atoms with Gasteiger partial charge in [-0.1, -0.05) is 0 Å². The van der Waals surface area contributed by atoms with Gasteiger partial charge in [0.25, 0.3) is 0 Å². The van der Waals surface area contributed by atoms with Crippen molar-refractivity contribution in [2.24, 2.45) is 0 Å². The van der Waals surface area contributed by atoms with E-state index in [9.17, 15) is 13.2 Å². The van der Waals surface area contributed by atoms with Gasteiger partial charge >= 0.3 is 0 Å². The molecule has 0 saturated heterocycles. The molecule has 1 aromatic rings. The van der Waals surface area contributed by atoms with Crippen molar-refractivity contribution in [3.8, 4) is 11.5 Å². The summed E-state index contributed by atoms with van der Waals surface area (Å²) < 4.78 is 36.6. The Labute approximate surface area is 155 Å². The number of ether oxygens (including phenoxy) is 2. The second-order valence-electron chi connectivity index (χ2n) is 6.42. The molecule has 0 saturated carbocycles. The molecule has 0 unspecified atom stereocenters. The van der Waals surface area contributed by atoms with Gasteiger partial charge in [0.2, 0.25) is 15.9 Å². The lowest BCUT2D eigenvalue weighted by molar-refractivity contribution is -0.121. The van der Waals surface area contributed by atoms with Crippen molar-refractivity contribution in [3.05, 3.63) is 18.2 Å². The summed E-state index contributed by atoms with van der Waals surface area (Å²) in [4.78, 5) is 13.8. The monoisotopic (exact) mass is 385 g/mol. The van der Waals surface area contributed by atoms with Crippen LogP contribution in [0.3, 0.4) is 0 Å². The minimum Gasteiger partial charge on any atom is -0.486 e. The SMILES string of the molecule is CN(C)CCNC(=O)CCCN(c1ccc2c(c1)OCCO2)S(C)(=O)=O. The summed E-state index contributed by atoms with van der Waals surface area (Å²) in [5.41, 5.74) is 0.504. The highest BCUT2D eigenvalue weighted by molar-refractivity contribution is 7.92. The summed E-state index contributed by atoms with van der Waals surface area (Å²) in [6.07, 6.45) is 1.85. The van der Waals surface area contributed by atoms with E-state index in [0.29, 0.717) is 43.4 Å². The molecule has 1 aromatic carbocycles. The zero-order valence-electron chi connectivity index (χ0n) is 15.5. The van der Waals surface area contributed by atoms with Crippen LogP contribution in [0.5, 0.6) is 11.5 Å². The first-order valence-electron chi connectivity index (χ1n) is 8.56. The number of hydrogen-bond acceptors (Lipinski definition) is 6. The Morgan fingerprint density at radius 3 is 2.50 bits per heavy atom. The average Bonchev–Trinajstić information content (AvgIpc) is 2.57. The Morgan fingerprint density at radius 1 is 1.15 bits per heavy atom. The number of nitrogens with zero attached hydrogens (tertiary/aromatic N) is 2. The van der Waals surface area contributed by atoms with Crippen LogP contribution in [0.15, 0.2) is 18.2 Å². The molecule has 0 atom stereocenters. The van der Waals surface area contributed by atoms with E-state index in [0.717, 1.165) is 12.8 Å². The second kappa shape index (κ2) is 9.09. The number of sulfonamides is 1. The maximum Gasteiger partial charge on any atom is 0.232 e. The van der Waals surface area contributed by atoms with Gasteiger partial charge in [-0.2, -0.15) is 0 Å². The van der Waals surface area contributed by atoms with E-state index in [1.807, 2.05) is 19.0 Å². The number of carbonyl (C=O) groups excluding carboxylic acids is 1. The van der Waals surface area contributed by atoms with E-state index in [4.69, 9.17) is 9.47 Å². The molecule has 0 bridgehead atoms. The highest BCUT2D eigenvalue weighted by atomic mass is 32.2. The Bertz CT molecular complexity index is 721. The van der Waals surface area contributed by atoms with Gasteiger partial charge in [0.05, 0.1) is 11.9 Å². The molecule has 26 heavy (non-hydrogen) atoms. The molecular formula is C17H27N3O5S. The lowest BCUT2D eigenvalue weighted by Crippen LogP contribution is -2.33. The van der Waals surface area contributed by atoms with E-state index in [1.165, 1.54) is 4.31 Å². The van der Waals surface area contributed by atoms with Gasteiger partial charge in [-0.3, -0.25) is 9.10 Å². The number of nitrogens with one attached hydrogen (secondary N) is 1. The highest BCUT2D eigenvalue weighted by Crippen LogP contribution is 2.34. The third kappa shape index (κ3) is 6.06. The Morgan fingerprint density at radius 2 is 1.85 bits per heavy atom. The van der Waals surface area contributed by atoms with Gasteiger partial charge in [0, 0.05) is 32.1 Å². The van der Waals surface area contributed by atoms with Crippen LogP contribution in [0.2, 0.25) is 0 Å². The van der Waals surface area contributed by atoms with Crippen LogP contribution in [-0.2, 0) is 14.8 Å². The lowest BCUT2D eigenvalue weighted by Gasteiger charge is -2.25. The number of rotatable bonds is 9. The van der Waals surface area contributed by atoms with E-state index in [1.54, 1.807) is 18.2 Å². The Hall–Kier alpha value is -2.00. The Kier molecular flexibility index (Phi) is 7.10. The predicted octanol–water partition coefficient (Wildman–Crippen LogP) is 0.682. The maximum atomic E-state index is 12.2. The van der Waals surface area contributed by atoms with Crippen molar-refractivity contribution in [1.29, 1.82) is 0 Å². The fraction of sp³-hybridized carbons (Fsp3) is 0.588. The van der Waals surface area contributed by atoms with Crippen molar-refractivity contribution in [3.63, 3.8) is 0 Å². The molecule has 1 amide bonds. The van der Waals surface area contributed by atoms with Crippen molar-refractivity contribution >= 4 is 21.6 Å². The van der Waals surface area contributed by atoms with Gasteiger partial charge in [0.15, 0.2) is 11.5 Å². The molecule has 2 rings (SSSR count). The minimum atomic E-state index is -3.47. The summed E-state index contributed by atoms with van der Waals surface area (Å²) in [6, 6.07) is 5.05. The zero-order chi connectivity index (χ0) is 19.2. The summed E-state index contributed by atoms with van der Waals surface area (Å²) in [7, 11) is 0.396. The molecule has 0 aromatic heterocycles. The normalized spacial score (nSPS) is 13.5. The zero-order valence-corrected chi connectivity index (χ0v) is 16.3. The number of amides is 1. The summed E-state index contributed by atoms with van der Waals surface area (Å²) in [6.45, 7) is 2.47. The van der Waals surface area contributed by atoms with Gasteiger partial charge in [-0.25, -0.2) is 8.42 Å². The fourth-order valence-electron chi connectivity index (χ4n) is 2.56. The van der Waals surface area contributed by atoms with Gasteiger partial charge in [-0.05, 0) is 32.6 Å². The molecule has 1 N–H and O–H groups in total. The molecule has 8 nitrogen and oxygen atoms in total. The number of anilines is 1. The summed E-state index contributed by atoms with van der Waals surface area (Å²) in [5.74, 6) is 1.06. The first kappa shape index (κ1) is 20.3. The van der Waals surface area contributed by atoms with Gasteiger partial charge in [0.1, 0.15) is 13.2 Å². The Balaban J connectivity index is 1.95. The predicted molar refractivity (Wildman–Crippen MR) is 100 cm³/mol. The molecule has 0 fully saturated rings. The fourth-order valence-corrected chi connectivity index (χ4v) is 3.52. The molecule has 1 aliphatic heterocycles. The largest absolute Gasteiger partial charge is 0.486 e. The van der Waals surface area contributed by atoms with Crippen LogP contribution in [-0.4, -0.2) is 72.4 Å². The number of benzene rings is 1. The van der Waals surface area contributed by atoms with E-state index < -0.39 is 10.0 Å². The lowest BCUT2D eigenvalue weighted by atomic mass is 10.2. The first-order valence-corrected chi connectivity index (χ1v) is 10.4. The molecule has 146 valence electrons. The molecule has 0 radical (unpaired) electrons. The summed E-state index contributed by atoms with van der Waals surface area (Å²) in [5, 5.41) is 2.82. The smallest absolute Gasteiger partial charge is 0.232 e. The maximum absolute atomic E-state index is 12.2. The van der Waals surface area contributed by atoms with E-state index in [-0.39, 0.29) is 18.9 Å². The molecule has 9 heteroatoms. The molecular weight excluding hydrogens is 358 g/mol. The van der Waals surface area contributed by atoms with E-state index in [2.05, 4.69) is 5.32 Å². The molecule has 0 spiro atoms. The molecule has 1 aliphatic rings. The van der Waals surface area contributed by atoms with Crippen molar-refractivity contribution in [1.82, 2.24) is 10.2 Å². The van der Waals surface area contributed by atoms with Crippen LogP contribution in [0.25, 0.3) is 0 Å². The van der Waals surface area contributed by atoms with Crippen LogP contribution >= 0.6 is 0 Å². The van der Waals surface area contributed by atoms with Crippen LogP contribution < -0.4 is 19.1 Å². The first-order chi connectivity index (χ1) is 12.3. The number of carbonyl (C=O) groups is 1. The third-order valence-corrected chi connectivity index (χ3v) is 5.05. The van der Waals surface area contributed by atoms with Gasteiger partial charge < -0.3 is 19.7 Å².